The molecule has 256 valence electrons. The van der Waals surface area contributed by atoms with Gasteiger partial charge in [0, 0.05) is 49.3 Å². The van der Waals surface area contributed by atoms with Gasteiger partial charge >= 0.3 is 0 Å². The van der Waals surface area contributed by atoms with Gasteiger partial charge in [-0.3, -0.25) is 0 Å². The maximum atomic E-state index is 6.41. The number of rotatable bonds is 5. The fourth-order valence-electron chi connectivity index (χ4n) is 7.96. The molecule has 0 bridgehead atoms. The molecule has 1 aliphatic heterocycles. The van der Waals surface area contributed by atoms with Crippen molar-refractivity contribution in [3.63, 3.8) is 0 Å². The van der Waals surface area contributed by atoms with Gasteiger partial charge in [0.15, 0.2) is 0 Å². The van der Waals surface area contributed by atoms with E-state index in [1.54, 1.807) is 6.08 Å². The lowest BCUT2D eigenvalue weighted by atomic mass is 9.99. The van der Waals surface area contributed by atoms with Crippen LogP contribution >= 0.6 is 10.5 Å². The molecule has 0 amide bonds. The van der Waals surface area contributed by atoms with Gasteiger partial charge in [0.1, 0.15) is 33.7 Å². The van der Waals surface area contributed by atoms with Crippen LogP contribution in [0.5, 0.6) is 0 Å². The van der Waals surface area contributed by atoms with Crippen molar-refractivity contribution >= 4 is 110 Å². The third-order valence-electron chi connectivity index (χ3n) is 10.5. The molecule has 1 unspecified atom stereocenters. The number of furan rings is 3. The summed E-state index contributed by atoms with van der Waals surface area (Å²) in [5.41, 5.74) is 12.1. The van der Waals surface area contributed by atoms with E-state index in [-0.39, 0.29) is 10.5 Å². The molecule has 5 heteroatoms. The SMILES string of the molecule is C=Cc1oc2ccc(-c3ccc4oc5cc6oc7ccc(-c8ccc9c(c8)c8ccccc8n9C8=CC=S8C)cc7c6cc5c4c3)cc2c1C=C.CC. The molecule has 4 aromatic heterocycles. The van der Waals surface area contributed by atoms with Crippen molar-refractivity contribution in [2.45, 2.75) is 13.8 Å². The number of hydrogen-bond donors (Lipinski definition) is 0. The Morgan fingerprint density at radius 3 is 1.60 bits per heavy atom. The molecule has 11 rings (SSSR count). The first-order chi connectivity index (χ1) is 26.1. The minimum absolute atomic E-state index is 0.151. The van der Waals surface area contributed by atoms with Gasteiger partial charge in [-0.05, 0) is 107 Å². The molecule has 4 nitrogen and oxygen atoms in total. The van der Waals surface area contributed by atoms with Crippen LogP contribution in [0.2, 0.25) is 0 Å². The van der Waals surface area contributed by atoms with Crippen molar-refractivity contribution < 1.29 is 13.3 Å². The summed E-state index contributed by atoms with van der Waals surface area (Å²) in [4.78, 5) is 0. The second-order valence-electron chi connectivity index (χ2n) is 13.3. The number of allylic oxidation sites excluding steroid dienone is 1. The first-order valence-corrected chi connectivity index (χ1v) is 19.6. The van der Waals surface area contributed by atoms with E-state index in [0.717, 1.165) is 82.9 Å². The molecule has 5 heterocycles. The molecular formula is C48H35NO3S. The second-order valence-corrected chi connectivity index (χ2v) is 15.1. The average Bonchev–Trinajstić information content (AvgIpc) is 3.94. The van der Waals surface area contributed by atoms with Gasteiger partial charge in [-0.15, -0.1) is 10.5 Å². The second kappa shape index (κ2) is 11.9. The van der Waals surface area contributed by atoms with Crippen LogP contribution in [0.4, 0.5) is 0 Å². The van der Waals surface area contributed by atoms with Crippen molar-refractivity contribution in [2.75, 3.05) is 6.26 Å². The summed E-state index contributed by atoms with van der Waals surface area (Å²) in [7, 11) is 0.151. The molecule has 10 aromatic rings. The largest absolute Gasteiger partial charge is 0.456 e. The Morgan fingerprint density at radius 1 is 0.509 bits per heavy atom. The maximum absolute atomic E-state index is 6.41. The Hall–Kier alpha value is -6.30. The first kappa shape index (κ1) is 31.4. The van der Waals surface area contributed by atoms with Crippen LogP contribution < -0.4 is 0 Å². The average molecular weight is 706 g/mol. The van der Waals surface area contributed by atoms with E-state index in [1.165, 1.54) is 32.4 Å². The molecule has 0 saturated carbocycles. The summed E-state index contributed by atoms with van der Waals surface area (Å²) in [6.45, 7) is 11.9. The zero-order chi connectivity index (χ0) is 36.0. The molecule has 0 spiro atoms. The van der Waals surface area contributed by atoms with Crippen molar-refractivity contribution in [2.24, 2.45) is 0 Å². The predicted molar refractivity (Wildman–Crippen MR) is 230 cm³/mol. The van der Waals surface area contributed by atoms with E-state index in [2.05, 4.69) is 132 Å². The van der Waals surface area contributed by atoms with E-state index in [9.17, 15) is 0 Å². The van der Waals surface area contributed by atoms with E-state index in [1.807, 2.05) is 32.1 Å². The monoisotopic (exact) mass is 705 g/mol. The van der Waals surface area contributed by atoms with Gasteiger partial charge in [-0.2, -0.15) is 0 Å². The summed E-state index contributed by atoms with van der Waals surface area (Å²) < 4.78 is 21.2. The minimum Gasteiger partial charge on any atom is -0.456 e. The molecule has 0 N–H and O–H groups in total. The van der Waals surface area contributed by atoms with Gasteiger partial charge in [-0.25, -0.2) is 0 Å². The van der Waals surface area contributed by atoms with Crippen LogP contribution in [-0.2, 0) is 0 Å². The van der Waals surface area contributed by atoms with Crippen molar-refractivity contribution in [1.29, 1.82) is 0 Å². The van der Waals surface area contributed by atoms with E-state index >= 15 is 0 Å². The highest BCUT2D eigenvalue weighted by Crippen LogP contribution is 2.43. The Balaban J connectivity index is 0.00000172. The van der Waals surface area contributed by atoms with Crippen molar-refractivity contribution in [1.82, 2.24) is 4.57 Å². The van der Waals surface area contributed by atoms with Crippen LogP contribution in [0.15, 0.2) is 142 Å². The topological polar surface area (TPSA) is 44.4 Å². The zero-order valence-corrected chi connectivity index (χ0v) is 30.5. The molecule has 0 saturated heterocycles. The molecule has 53 heavy (non-hydrogen) atoms. The lowest BCUT2D eigenvalue weighted by molar-refractivity contribution is 0.603. The molecule has 6 aromatic carbocycles. The highest BCUT2D eigenvalue weighted by molar-refractivity contribution is 8.23. The summed E-state index contributed by atoms with van der Waals surface area (Å²) in [6, 6.07) is 39.0. The number of fused-ring (bicyclic) bond motifs is 10. The third kappa shape index (κ3) is 4.60. The van der Waals surface area contributed by atoms with Crippen LogP contribution in [-0.4, -0.2) is 16.2 Å². The van der Waals surface area contributed by atoms with Crippen molar-refractivity contribution in [3.8, 4) is 22.3 Å². The highest BCUT2D eigenvalue weighted by atomic mass is 32.2. The normalized spacial score (nSPS) is 14.2. The number of aromatic nitrogens is 1. The minimum atomic E-state index is 0.151. The standard InChI is InChI=1S/C46H29NO3S.C2H6/c1-4-30-33-21-27(11-15-41(33)48-40(30)5-2)29-13-17-43-35(23-29)37-24-36-34-22-28(12-16-42(34)49-44(36)25-45(37)50-43)26-10-14-39-32(20-26)31-8-6-7-9-38(31)47(39)46-18-19-51(46)3;1-2/h4-25H,1-2H2,3H3;1-2H3. The molecule has 0 radical (unpaired) electrons. The number of benzene rings is 6. The molecule has 1 aliphatic rings. The quantitative estimate of drug-likeness (QED) is 0.167. The molecule has 1 atom stereocenters. The Kier molecular flexibility index (Phi) is 7.04. The smallest absolute Gasteiger partial charge is 0.139 e. The van der Waals surface area contributed by atoms with Gasteiger partial charge in [0.05, 0.1) is 16.1 Å². The highest BCUT2D eigenvalue weighted by Gasteiger charge is 2.19. The zero-order valence-electron chi connectivity index (χ0n) is 29.7. The summed E-state index contributed by atoms with van der Waals surface area (Å²) >= 11 is 0. The van der Waals surface area contributed by atoms with Gasteiger partial charge in [0.2, 0.25) is 0 Å². The third-order valence-corrected chi connectivity index (χ3v) is 12.0. The first-order valence-electron chi connectivity index (χ1n) is 17.9. The van der Waals surface area contributed by atoms with Crippen molar-refractivity contribution in [3.05, 3.63) is 140 Å². The van der Waals surface area contributed by atoms with Gasteiger partial charge in [0.25, 0.3) is 0 Å². The summed E-state index contributed by atoms with van der Waals surface area (Å²) in [6.07, 6.45) is 8.10. The van der Waals surface area contributed by atoms with Crippen LogP contribution in [0.1, 0.15) is 25.2 Å². The summed E-state index contributed by atoms with van der Waals surface area (Å²) in [5.74, 6) is 0.733. The Morgan fingerprint density at radius 2 is 1.04 bits per heavy atom. The number of para-hydroxylation sites is 1. The fourth-order valence-corrected chi connectivity index (χ4v) is 8.97. The lowest BCUT2D eigenvalue weighted by Crippen LogP contribution is -2.01. The van der Waals surface area contributed by atoms with Crippen LogP contribution in [0, 0.1) is 0 Å². The number of hydrogen-bond acceptors (Lipinski definition) is 3. The van der Waals surface area contributed by atoms with Gasteiger partial charge in [-0.1, -0.05) is 75.5 Å². The fraction of sp³-hybridized carbons (Fsp3) is 0.0625. The summed E-state index contributed by atoms with van der Waals surface area (Å²) in [5, 5.41) is 11.5. The van der Waals surface area contributed by atoms with Gasteiger partial charge < -0.3 is 17.8 Å². The number of nitrogens with zero attached hydrogens (tertiary/aromatic N) is 1. The van der Waals surface area contributed by atoms with E-state index in [4.69, 9.17) is 13.3 Å². The molecular weight excluding hydrogens is 671 g/mol. The molecule has 0 fully saturated rings. The van der Waals surface area contributed by atoms with E-state index in [0.29, 0.717) is 0 Å². The van der Waals surface area contributed by atoms with Crippen LogP contribution in [0.3, 0.4) is 0 Å². The maximum Gasteiger partial charge on any atom is 0.139 e. The predicted octanol–water partition coefficient (Wildman–Crippen LogP) is 14.5. The Labute approximate surface area is 308 Å². The lowest BCUT2D eigenvalue weighted by Gasteiger charge is -2.19. The Bertz CT molecular complexity index is 3250. The molecule has 0 aliphatic carbocycles. The van der Waals surface area contributed by atoms with Crippen LogP contribution in [0.25, 0.3) is 116 Å². The van der Waals surface area contributed by atoms with E-state index < -0.39 is 0 Å².